The molecule has 60 valence electrons. The summed E-state index contributed by atoms with van der Waals surface area (Å²) in [6.45, 7) is 2.09. The first-order valence-electron chi connectivity index (χ1n) is 3.40. The standard InChI is InChI=1S/C7H8INOS/c1-5-7-6(9-4-8-5)2-3-11(7)10/h4H,2-3H2,1H3. The molecule has 1 unspecified atom stereocenters. The van der Waals surface area contributed by atoms with Crippen LogP contribution in [-0.2, 0) is 10.8 Å². The molecular weight excluding hydrogens is 273 g/mol. The molecule has 0 aliphatic carbocycles. The first-order valence-corrected chi connectivity index (χ1v) is 7.05. The Balaban J connectivity index is 2.54. The lowest BCUT2D eigenvalue weighted by atomic mass is 10.3. The van der Waals surface area contributed by atoms with Gasteiger partial charge in [0, 0.05) is 15.7 Å². The van der Waals surface area contributed by atoms with Crippen LogP contribution in [0.1, 0.15) is 13.3 Å². The second-order valence-electron chi connectivity index (χ2n) is 2.44. The lowest BCUT2D eigenvalue weighted by Crippen LogP contribution is -2.02. The molecule has 2 rings (SSSR count). The van der Waals surface area contributed by atoms with E-state index in [1.54, 1.807) is 0 Å². The van der Waals surface area contributed by atoms with E-state index >= 15 is 0 Å². The summed E-state index contributed by atoms with van der Waals surface area (Å²) in [5, 5.41) is 0. The largest absolute Gasteiger partial charge is 0.254 e. The number of halogens is 1. The first kappa shape index (κ1) is 7.79. The molecule has 0 aromatic heterocycles. The van der Waals surface area contributed by atoms with E-state index in [0.29, 0.717) is 0 Å². The number of allylic oxidation sites excluding steroid dienone is 2. The van der Waals surface area contributed by atoms with Crippen LogP contribution in [0.25, 0.3) is 0 Å². The molecule has 0 aromatic carbocycles. The van der Waals surface area contributed by atoms with Gasteiger partial charge >= 0.3 is 0 Å². The van der Waals surface area contributed by atoms with Crippen molar-refractivity contribution in [1.29, 1.82) is 0 Å². The van der Waals surface area contributed by atoms with E-state index in [4.69, 9.17) is 0 Å². The summed E-state index contributed by atoms with van der Waals surface area (Å²) >= 11 is -0.0349. The third-order valence-electron chi connectivity index (χ3n) is 1.74. The SMILES string of the molecule is CC1=IC=NC2=C1S(=O)CC2. The van der Waals surface area contributed by atoms with Crippen LogP contribution in [0, 0.1) is 0 Å². The average molecular weight is 281 g/mol. The van der Waals surface area contributed by atoms with Crippen molar-refractivity contribution in [2.24, 2.45) is 4.99 Å². The van der Waals surface area contributed by atoms with Crippen molar-refractivity contribution >= 4 is 39.3 Å². The molecule has 1 atom stereocenters. The van der Waals surface area contributed by atoms with Gasteiger partial charge in [0.05, 0.1) is 25.6 Å². The van der Waals surface area contributed by atoms with Crippen molar-refractivity contribution in [3.05, 3.63) is 10.6 Å². The van der Waals surface area contributed by atoms with Crippen LogP contribution >= 0.6 is 20.7 Å². The molecule has 4 heteroatoms. The molecule has 0 saturated heterocycles. The Morgan fingerprint density at radius 3 is 3.27 bits per heavy atom. The Labute approximate surface area is 78.0 Å². The Morgan fingerprint density at radius 2 is 2.55 bits per heavy atom. The predicted molar refractivity (Wildman–Crippen MR) is 57.8 cm³/mol. The van der Waals surface area contributed by atoms with Crippen molar-refractivity contribution in [3.8, 4) is 0 Å². The molecule has 0 bridgehead atoms. The summed E-state index contributed by atoms with van der Waals surface area (Å²) in [6, 6.07) is 0. The zero-order valence-corrected chi connectivity index (χ0v) is 9.11. The van der Waals surface area contributed by atoms with Gasteiger partial charge in [-0.2, -0.15) is 0 Å². The summed E-state index contributed by atoms with van der Waals surface area (Å²) in [7, 11) is -0.713. The smallest absolute Gasteiger partial charge is 0.0689 e. The van der Waals surface area contributed by atoms with E-state index in [2.05, 4.69) is 11.9 Å². The first-order chi connectivity index (χ1) is 5.29. The van der Waals surface area contributed by atoms with E-state index in [1.807, 2.05) is 4.22 Å². The number of aliphatic imine (C=N–C) groups is 1. The Bertz CT molecular complexity index is 316. The average Bonchev–Trinajstić information content (AvgIpc) is 2.34. The maximum absolute atomic E-state index is 11.4. The lowest BCUT2D eigenvalue weighted by molar-refractivity contribution is 0.689. The molecule has 11 heavy (non-hydrogen) atoms. The second kappa shape index (κ2) is 2.90. The van der Waals surface area contributed by atoms with Gasteiger partial charge in [0.1, 0.15) is 0 Å². The molecule has 0 spiro atoms. The molecule has 0 radical (unpaired) electrons. The minimum atomic E-state index is -0.713. The molecule has 2 nitrogen and oxygen atoms in total. The van der Waals surface area contributed by atoms with E-state index in [9.17, 15) is 4.21 Å². The van der Waals surface area contributed by atoms with E-state index in [-0.39, 0.29) is 20.7 Å². The predicted octanol–water partition coefficient (Wildman–Crippen LogP) is 1.56. The Hall–Kier alpha value is 0.160. The van der Waals surface area contributed by atoms with Crippen LogP contribution in [0.3, 0.4) is 0 Å². The van der Waals surface area contributed by atoms with Crippen LogP contribution in [0.2, 0.25) is 0 Å². The quantitative estimate of drug-likeness (QED) is 0.619. The zero-order chi connectivity index (χ0) is 7.84. The molecule has 0 N–H and O–H groups in total. The Morgan fingerprint density at radius 1 is 1.73 bits per heavy atom. The van der Waals surface area contributed by atoms with E-state index < -0.39 is 10.8 Å². The Kier molecular flexibility index (Phi) is 2.05. The minimum absolute atomic E-state index is 0.0349. The van der Waals surface area contributed by atoms with Gasteiger partial charge in [-0.3, -0.25) is 9.20 Å². The van der Waals surface area contributed by atoms with Crippen molar-refractivity contribution in [3.63, 3.8) is 0 Å². The van der Waals surface area contributed by atoms with Crippen molar-refractivity contribution in [2.45, 2.75) is 13.3 Å². The van der Waals surface area contributed by atoms with Crippen molar-refractivity contribution in [1.82, 2.24) is 0 Å². The zero-order valence-electron chi connectivity index (χ0n) is 6.13. The highest BCUT2D eigenvalue weighted by molar-refractivity contribution is 14.2. The topological polar surface area (TPSA) is 29.4 Å². The molecule has 2 aliphatic rings. The molecule has 0 aromatic rings. The molecule has 2 heterocycles. The number of nitrogens with zero attached hydrogens (tertiary/aromatic N) is 1. The number of rotatable bonds is 0. The molecule has 2 aliphatic heterocycles. The van der Waals surface area contributed by atoms with Gasteiger partial charge in [-0.25, -0.2) is 0 Å². The van der Waals surface area contributed by atoms with Crippen LogP contribution in [-0.4, -0.2) is 17.7 Å². The van der Waals surface area contributed by atoms with Gasteiger partial charge in [0.25, 0.3) is 0 Å². The summed E-state index contributed by atoms with van der Waals surface area (Å²) in [5.41, 5.74) is 1.09. The van der Waals surface area contributed by atoms with Gasteiger partial charge in [0.2, 0.25) is 0 Å². The maximum Gasteiger partial charge on any atom is 0.0689 e. The highest BCUT2D eigenvalue weighted by Gasteiger charge is 2.24. The fourth-order valence-electron chi connectivity index (χ4n) is 1.22. The van der Waals surface area contributed by atoms with Crippen molar-refractivity contribution < 1.29 is 4.21 Å². The van der Waals surface area contributed by atoms with Gasteiger partial charge in [0.15, 0.2) is 0 Å². The van der Waals surface area contributed by atoms with Gasteiger partial charge in [-0.1, -0.05) is 20.7 Å². The van der Waals surface area contributed by atoms with Crippen molar-refractivity contribution in [2.75, 3.05) is 5.75 Å². The third-order valence-corrected chi connectivity index (χ3v) is 5.71. The fourth-order valence-corrected chi connectivity index (χ4v) is 5.06. The van der Waals surface area contributed by atoms with Crippen LogP contribution < -0.4 is 0 Å². The summed E-state index contributed by atoms with van der Waals surface area (Å²) in [5.74, 6) is 0.795. The monoisotopic (exact) mass is 281 g/mol. The number of hydrogen-bond donors (Lipinski definition) is 0. The third kappa shape index (κ3) is 1.26. The second-order valence-corrected chi connectivity index (χ2v) is 6.75. The molecule has 0 amide bonds. The fraction of sp³-hybridized carbons (Fsp3) is 0.429. The van der Waals surface area contributed by atoms with Gasteiger partial charge in [-0.15, -0.1) is 0 Å². The van der Waals surface area contributed by atoms with Gasteiger partial charge < -0.3 is 0 Å². The normalized spacial score (nSPS) is 29.5. The number of hydrogen-bond acceptors (Lipinski definition) is 2. The molecule has 0 fully saturated rings. The highest BCUT2D eigenvalue weighted by atomic mass is 127. The molecule has 0 saturated carbocycles. The summed E-state index contributed by atoms with van der Waals surface area (Å²) in [6.07, 6.45) is 0.916. The minimum Gasteiger partial charge on any atom is -0.254 e. The highest BCUT2D eigenvalue weighted by Crippen LogP contribution is 2.29. The van der Waals surface area contributed by atoms with Crippen LogP contribution in [0.5, 0.6) is 0 Å². The van der Waals surface area contributed by atoms with Crippen LogP contribution in [0.4, 0.5) is 0 Å². The van der Waals surface area contributed by atoms with Crippen LogP contribution in [0.15, 0.2) is 15.6 Å². The van der Waals surface area contributed by atoms with Gasteiger partial charge in [-0.05, 0) is 6.92 Å². The summed E-state index contributed by atoms with van der Waals surface area (Å²) in [4.78, 5) is 5.37. The van der Waals surface area contributed by atoms with E-state index in [1.165, 1.54) is 3.51 Å². The summed E-state index contributed by atoms with van der Waals surface area (Å²) < 4.78 is 14.8. The maximum atomic E-state index is 11.4. The lowest BCUT2D eigenvalue weighted by Gasteiger charge is -2.04. The molecular formula is C7H8INOS. The van der Waals surface area contributed by atoms with E-state index in [0.717, 1.165) is 22.8 Å².